The Hall–Kier alpha value is -1.03. The highest BCUT2D eigenvalue weighted by Crippen LogP contribution is 2.44. The first-order valence-electron chi connectivity index (χ1n) is 10.6. The van der Waals surface area contributed by atoms with E-state index in [0.29, 0.717) is 6.42 Å². The number of aliphatic hydroxyl groups excluding tert-OH is 1. The molecule has 0 saturated heterocycles. The van der Waals surface area contributed by atoms with Gasteiger partial charge < -0.3 is 25.6 Å². The molecule has 0 rings (SSSR count). The Morgan fingerprint density at radius 1 is 1.00 bits per heavy atom. The van der Waals surface area contributed by atoms with Crippen molar-refractivity contribution in [1.82, 2.24) is 0 Å². The van der Waals surface area contributed by atoms with Crippen LogP contribution in [-0.2, 0) is 27.9 Å². The first-order valence-corrected chi connectivity index (χ1v) is 12.1. The summed E-state index contributed by atoms with van der Waals surface area (Å²) in [5, 5.41) is 18.4. The lowest BCUT2D eigenvalue weighted by molar-refractivity contribution is -0.147. The number of esters is 1. The summed E-state index contributed by atoms with van der Waals surface area (Å²) in [4.78, 5) is 31.9. The Morgan fingerprint density at radius 3 is 2.07 bits per heavy atom. The molecule has 1 unspecified atom stereocenters. The van der Waals surface area contributed by atoms with Crippen LogP contribution in [0.15, 0.2) is 0 Å². The monoisotopic (exact) mass is 455 g/mol. The fraction of sp³-hybridized carbons (Fsp3) is 0.895. The molecule has 0 fully saturated rings. The summed E-state index contributed by atoms with van der Waals surface area (Å²) in [7, 11) is -4.63. The Bertz CT molecular complexity index is 532. The van der Waals surface area contributed by atoms with Gasteiger partial charge >= 0.3 is 19.8 Å². The summed E-state index contributed by atoms with van der Waals surface area (Å²) >= 11 is 0. The Morgan fingerprint density at radius 2 is 1.53 bits per heavy atom. The van der Waals surface area contributed by atoms with Crippen LogP contribution in [0.25, 0.3) is 0 Å². The molecule has 0 aromatic rings. The van der Waals surface area contributed by atoms with Crippen molar-refractivity contribution in [3.63, 3.8) is 0 Å². The predicted molar refractivity (Wildman–Crippen MR) is 111 cm³/mol. The molecule has 30 heavy (non-hydrogen) atoms. The molecule has 0 amide bonds. The van der Waals surface area contributed by atoms with Crippen molar-refractivity contribution < 1.29 is 43.0 Å². The van der Waals surface area contributed by atoms with Gasteiger partial charge in [-0.3, -0.25) is 18.6 Å². The van der Waals surface area contributed by atoms with Gasteiger partial charge in [-0.15, -0.1) is 0 Å². The lowest BCUT2D eigenvalue weighted by Gasteiger charge is -2.21. The zero-order valence-electron chi connectivity index (χ0n) is 18.0. The van der Waals surface area contributed by atoms with Gasteiger partial charge in [0.15, 0.2) is 0 Å². The number of carbonyl (C=O) groups is 2. The van der Waals surface area contributed by atoms with Gasteiger partial charge in [-0.25, -0.2) is 4.57 Å². The average Bonchev–Trinajstić information content (AvgIpc) is 2.68. The smallest absolute Gasteiger partial charge is 0.472 e. The topological polar surface area (TPSA) is 166 Å². The van der Waals surface area contributed by atoms with E-state index in [4.69, 9.17) is 15.6 Å². The Kier molecular flexibility index (Phi) is 16.1. The number of carboxylic acid groups (broad SMARTS) is 1. The van der Waals surface area contributed by atoms with E-state index in [1.54, 1.807) is 0 Å². The van der Waals surface area contributed by atoms with Gasteiger partial charge in [-0.1, -0.05) is 58.3 Å². The summed E-state index contributed by atoms with van der Waals surface area (Å²) in [6.07, 6.45) is 7.78. The molecule has 0 aromatic heterocycles. The summed E-state index contributed by atoms with van der Waals surface area (Å²) in [6.45, 7) is 2.37. The first kappa shape index (κ1) is 29.0. The van der Waals surface area contributed by atoms with Crippen LogP contribution >= 0.6 is 7.82 Å². The number of hydrogen-bond donors (Lipinski definition) is 4. The van der Waals surface area contributed by atoms with Crippen LogP contribution in [0.3, 0.4) is 0 Å². The van der Waals surface area contributed by atoms with E-state index in [2.05, 4.69) is 16.0 Å². The molecule has 0 aliphatic heterocycles. The molecule has 0 radical (unpaired) electrons. The number of aliphatic hydroxyl groups is 1. The van der Waals surface area contributed by atoms with Crippen molar-refractivity contribution in [3.8, 4) is 0 Å². The molecular formula is C19H38NO9P. The molecule has 0 aromatic carbocycles. The first-order chi connectivity index (χ1) is 14.1. The van der Waals surface area contributed by atoms with Crippen LogP contribution < -0.4 is 5.73 Å². The van der Waals surface area contributed by atoms with Gasteiger partial charge in [0, 0.05) is 6.42 Å². The number of hydrogen-bond acceptors (Lipinski definition) is 8. The molecule has 4 atom stereocenters. The van der Waals surface area contributed by atoms with E-state index in [-0.39, 0.29) is 13.0 Å². The minimum Gasteiger partial charge on any atom is -0.480 e. The average molecular weight is 455 g/mol. The van der Waals surface area contributed by atoms with Crippen LogP contribution in [0.2, 0.25) is 0 Å². The summed E-state index contributed by atoms with van der Waals surface area (Å²) in [5.41, 5.74) is 5.28. The molecule has 0 saturated carbocycles. The fourth-order valence-corrected chi connectivity index (χ4v) is 3.55. The number of phosphoric ester groups is 1. The molecule has 0 spiro atoms. The number of carboxylic acids is 1. The van der Waals surface area contributed by atoms with E-state index >= 15 is 0 Å². The molecule has 10 nitrogen and oxygen atoms in total. The zero-order valence-corrected chi connectivity index (χ0v) is 18.9. The number of nitrogens with two attached hydrogens (primary N) is 1. The van der Waals surface area contributed by atoms with E-state index in [9.17, 15) is 24.2 Å². The van der Waals surface area contributed by atoms with Crippen LogP contribution in [0.1, 0.15) is 78.1 Å². The predicted octanol–water partition coefficient (Wildman–Crippen LogP) is 2.75. The highest BCUT2D eigenvalue weighted by Gasteiger charge is 2.31. The maximum absolute atomic E-state index is 11.7. The quantitative estimate of drug-likeness (QED) is 0.129. The molecule has 0 aliphatic carbocycles. The molecule has 0 aliphatic rings. The normalized spacial score (nSPS) is 16.4. The van der Waals surface area contributed by atoms with Crippen molar-refractivity contribution in [2.45, 2.75) is 96.3 Å². The van der Waals surface area contributed by atoms with Gasteiger partial charge in [-0.2, -0.15) is 0 Å². The van der Waals surface area contributed by atoms with Crippen LogP contribution in [0, 0.1) is 0 Å². The van der Waals surface area contributed by atoms with E-state index < -0.39 is 44.6 Å². The number of rotatable bonds is 19. The van der Waals surface area contributed by atoms with Gasteiger partial charge in [0.25, 0.3) is 0 Å². The van der Waals surface area contributed by atoms with Crippen molar-refractivity contribution in [1.29, 1.82) is 0 Å². The van der Waals surface area contributed by atoms with Gasteiger partial charge in [0.05, 0.1) is 12.7 Å². The third-order valence-electron chi connectivity index (χ3n) is 4.44. The van der Waals surface area contributed by atoms with Crippen molar-refractivity contribution in [3.05, 3.63) is 0 Å². The summed E-state index contributed by atoms with van der Waals surface area (Å²) in [5.74, 6) is -1.86. The molecule has 0 heterocycles. The lowest BCUT2D eigenvalue weighted by Crippen LogP contribution is -2.41. The van der Waals surface area contributed by atoms with Crippen LogP contribution in [0.5, 0.6) is 0 Å². The van der Waals surface area contributed by atoms with Crippen LogP contribution in [0.4, 0.5) is 0 Å². The van der Waals surface area contributed by atoms with Crippen molar-refractivity contribution in [2.75, 3.05) is 13.2 Å². The highest BCUT2D eigenvalue weighted by molar-refractivity contribution is 7.47. The Labute approximate surface area is 178 Å². The second-order valence-electron chi connectivity index (χ2n) is 7.35. The summed E-state index contributed by atoms with van der Waals surface area (Å²) < 4.78 is 25.8. The van der Waals surface area contributed by atoms with E-state index in [1.807, 2.05) is 0 Å². The fourth-order valence-electron chi connectivity index (χ4n) is 2.58. The number of phosphoric acid groups is 1. The maximum Gasteiger partial charge on any atom is 0.472 e. The highest BCUT2D eigenvalue weighted by atomic mass is 31.2. The van der Waals surface area contributed by atoms with Crippen LogP contribution in [-0.4, -0.2) is 58.5 Å². The second-order valence-corrected chi connectivity index (χ2v) is 8.76. The number of carbonyl (C=O) groups excluding carboxylic acids is 1. The zero-order chi connectivity index (χ0) is 23.0. The maximum atomic E-state index is 11.7. The van der Waals surface area contributed by atoms with Crippen molar-refractivity contribution in [2.24, 2.45) is 5.73 Å². The number of ether oxygens (including phenoxy) is 1. The molecule has 178 valence electrons. The molecule has 11 heteroatoms. The largest absolute Gasteiger partial charge is 0.480 e. The van der Waals surface area contributed by atoms with Gasteiger partial charge in [-0.05, 0) is 13.3 Å². The molecule has 5 N–H and O–H groups in total. The van der Waals surface area contributed by atoms with Gasteiger partial charge in [0.2, 0.25) is 0 Å². The third kappa shape index (κ3) is 15.8. The third-order valence-corrected chi connectivity index (χ3v) is 5.52. The van der Waals surface area contributed by atoms with E-state index in [0.717, 1.165) is 19.3 Å². The SMILES string of the molecule is CCCCCCCCCCCC(=O)OC[C@@H](O)COP(=O)(O)O[C@@H](C)[C@H](N)C(=O)O. The minimum atomic E-state index is -4.63. The number of aliphatic carboxylic acids is 1. The minimum absolute atomic E-state index is 0.246. The lowest BCUT2D eigenvalue weighted by atomic mass is 10.1. The second kappa shape index (κ2) is 16.6. The summed E-state index contributed by atoms with van der Waals surface area (Å²) in [6, 6.07) is -1.51. The van der Waals surface area contributed by atoms with Crippen molar-refractivity contribution >= 4 is 19.8 Å². The Balaban J connectivity index is 3.84. The number of unbranched alkanes of at least 4 members (excludes halogenated alkanes) is 8. The van der Waals surface area contributed by atoms with E-state index in [1.165, 1.54) is 39.0 Å². The molecular weight excluding hydrogens is 417 g/mol. The molecule has 0 bridgehead atoms. The standard InChI is InChI=1S/C19H38NO9P/c1-3-4-5-6-7-8-9-10-11-12-17(22)27-13-16(21)14-28-30(25,26)29-15(2)18(20)19(23)24/h15-16,18,21H,3-14,20H2,1-2H3,(H,23,24)(H,25,26)/t15-,16+,18-/m0/s1. The van der Waals surface area contributed by atoms with Gasteiger partial charge in [0.1, 0.15) is 18.8 Å².